The maximum atomic E-state index is 5.66. The average molecular weight is 255 g/mol. The van der Waals surface area contributed by atoms with Gasteiger partial charge in [0.15, 0.2) is 0 Å². The van der Waals surface area contributed by atoms with Crippen LogP contribution in [0.4, 0.5) is 5.82 Å². The van der Waals surface area contributed by atoms with Crippen molar-refractivity contribution in [1.82, 2.24) is 4.98 Å². The van der Waals surface area contributed by atoms with Gasteiger partial charge >= 0.3 is 0 Å². The lowest BCUT2D eigenvalue weighted by Crippen LogP contribution is -2.18. The third-order valence-corrected chi connectivity index (χ3v) is 3.29. The molecule has 0 aliphatic rings. The van der Waals surface area contributed by atoms with Crippen molar-refractivity contribution in [1.29, 1.82) is 0 Å². The number of anilines is 1. The van der Waals surface area contributed by atoms with Crippen LogP contribution >= 0.6 is 0 Å². The zero-order chi connectivity index (χ0) is 13.8. The normalized spacial score (nSPS) is 10.5. The SMILES string of the molecule is Cc1cccc(CN(C)c2ccc(CN)c(C)n2)c1. The highest BCUT2D eigenvalue weighted by molar-refractivity contribution is 5.42. The molecule has 0 saturated heterocycles. The van der Waals surface area contributed by atoms with E-state index in [1.54, 1.807) is 0 Å². The standard InChI is InChI=1S/C16H21N3/c1-12-5-4-6-14(9-12)11-19(3)16-8-7-15(10-17)13(2)18-16/h4-9H,10-11,17H2,1-3H3. The lowest BCUT2D eigenvalue weighted by molar-refractivity contribution is 0.882. The van der Waals surface area contributed by atoms with E-state index in [0.29, 0.717) is 6.54 Å². The Morgan fingerprint density at radius 3 is 2.58 bits per heavy atom. The van der Waals surface area contributed by atoms with E-state index in [1.807, 2.05) is 13.0 Å². The summed E-state index contributed by atoms with van der Waals surface area (Å²) in [6.07, 6.45) is 0. The molecule has 0 bridgehead atoms. The molecule has 0 aliphatic heterocycles. The number of nitrogens with zero attached hydrogens (tertiary/aromatic N) is 2. The van der Waals surface area contributed by atoms with E-state index in [0.717, 1.165) is 23.6 Å². The molecule has 2 N–H and O–H groups in total. The molecular weight excluding hydrogens is 234 g/mol. The van der Waals surface area contributed by atoms with E-state index in [-0.39, 0.29) is 0 Å². The van der Waals surface area contributed by atoms with Crippen molar-refractivity contribution in [3.8, 4) is 0 Å². The van der Waals surface area contributed by atoms with Crippen molar-refractivity contribution in [3.05, 3.63) is 58.8 Å². The molecule has 2 rings (SSSR count). The number of aryl methyl sites for hydroxylation is 2. The first-order chi connectivity index (χ1) is 9.10. The third-order valence-electron chi connectivity index (χ3n) is 3.29. The summed E-state index contributed by atoms with van der Waals surface area (Å²) in [5.74, 6) is 0.983. The van der Waals surface area contributed by atoms with Crippen molar-refractivity contribution >= 4 is 5.82 Å². The summed E-state index contributed by atoms with van der Waals surface area (Å²) in [5.41, 5.74) is 10.4. The van der Waals surface area contributed by atoms with Gasteiger partial charge in [0.1, 0.15) is 5.82 Å². The first-order valence-electron chi connectivity index (χ1n) is 6.53. The van der Waals surface area contributed by atoms with Crippen LogP contribution in [0, 0.1) is 13.8 Å². The number of aromatic nitrogens is 1. The number of nitrogens with two attached hydrogens (primary N) is 1. The average Bonchev–Trinajstić information content (AvgIpc) is 2.38. The molecule has 100 valence electrons. The summed E-state index contributed by atoms with van der Waals surface area (Å²) in [6, 6.07) is 12.6. The molecule has 3 nitrogen and oxygen atoms in total. The highest BCUT2D eigenvalue weighted by atomic mass is 15.2. The van der Waals surface area contributed by atoms with Crippen LogP contribution in [-0.4, -0.2) is 12.0 Å². The number of pyridine rings is 1. The zero-order valence-electron chi connectivity index (χ0n) is 11.9. The minimum atomic E-state index is 0.542. The molecule has 0 unspecified atom stereocenters. The monoisotopic (exact) mass is 255 g/mol. The minimum absolute atomic E-state index is 0.542. The van der Waals surface area contributed by atoms with Crippen LogP contribution in [0.5, 0.6) is 0 Å². The van der Waals surface area contributed by atoms with Gasteiger partial charge in [-0.05, 0) is 31.0 Å². The molecule has 0 fully saturated rings. The largest absolute Gasteiger partial charge is 0.355 e. The van der Waals surface area contributed by atoms with Crippen molar-refractivity contribution in [2.45, 2.75) is 26.9 Å². The van der Waals surface area contributed by atoms with Gasteiger partial charge in [-0.3, -0.25) is 0 Å². The Labute approximate surface area is 115 Å². The fourth-order valence-corrected chi connectivity index (χ4v) is 2.17. The second-order valence-corrected chi connectivity index (χ2v) is 4.96. The summed E-state index contributed by atoms with van der Waals surface area (Å²) in [6.45, 7) is 5.52. The molecule has 0 atom stereocenters. The second kappa shape index (κ2) is 5.85. The Morgan fingerprint density at radius 2 is 1.95 bits per heavy atom. The van der Waals surface area contributed by atoms with Crippen molar-refractivity contribution in [2.24, 2.45) is 5.73 Å². The van der Waals surface area contributed by atoms with Gasteiger partial charge in [0.25, 0.3) is 0 Å². The van der Waals surface area contributed by atoms with Gasteiger partial charge in [0, 0.05) is 25.8 Å². The van der Waals surface area contributed by atoms with E-state index in [1.165, 1.54) is 11.1 Å². The van der Waals surface area contributed by atoms with Gasteiger partial charge in [-0.1, -0.05) is 35.9 Å². The Balaban J connectivity index is 2.15. The smallest absolute Gasteiger partial charge is 0.128 e. The molecule has 0 saturated carbocycles. The lowest BCUT2D eigenvalue weighted by atomic mass is 10.1. The fraction of sp³-hybridized carbons (Fsp3) is 0.312. The van der Waals surface area contributed by atoms with E-state index in [9.17, 15) is 0 Å². The van der Waals surface area contributed by atoms with Gasteiger partial charge in [-0.15, -0.1) is 0 Å². The van der Waals surface area contributed by atoms with Gasteiger partial charge < -0.3 is 10.6 Å². The zero-order valence-corrected chi connectivity index (χ0v) is 11.9. The maximum Gasteiger partial charge on any atom is 0.128 e. The Bertz CT molecular complexity index is 564. The van der Waals surface area contributed by atoms with Crippen LogP contribution in [0.2, 0.25) is 0 Å². The van der Waals surface area contributed by atoms with E-state index in [2.05, 4.69) is 54.2 Å². The summed E-state index contributed by atoms with van der Waals surface area (Å²) >= 11 is 0. The van der Waals surface area contributed by atoms with Crippen LogP contribution in [0.3, 0.4) is 0 Å². The lowest BCUT2D eigenvalue weighted by Gasteiger charge is -2.19. The summed E-state index contributed by atoms with van der Waals surface area (Å²) in [7, 11) is 2.06. The van der Waals surface area contributed by atoms with Crippen LogP contribution in [0.15, 0.2) is 36.4 Å². The molecular formula is C16H21N3. The summed E-state index contributed by atoms with van der Waals surface area (Å²) < 4.78 is 0. The molecule has 1 aromatic carbocycles. The van der Waals surface area contributed by atoms with E-state index in [4.69, 9.17) is 5.73 Å². The fourth-order valence-electron chi connectivity index (χ4n) is 2.17. The number of hydrogen-bond acceptors (Lipinski definition) is 3. The van der Waals surface area contributed by atoms with Crippen molar-refractivity contribution in [3.63, 3.8) is 0 Å². The first kappa shape index (κ1) is 13.6. The quantitative estimate of drug-likeness (QED) is 0.913. The predicted octanol–water partition coefficient (Wildman–Crippen LogP) is 2.79. The highest BCUT2D eigenvalue weighted by Crippen LogP contribution is 2.16. The van der Waals surface area contributed by atoms with Crippen LogP contribution in [0.25, 0.3) is 0 Å². The van der Waals surface area contributed by atoms with E-state index < -0.39 is 0 Å². The number of hydrogen-bond donors (Lipinski definition) is 1. The molecule has 0 spiro atoms. The first-order valence-corrected chi connectivity index (χ1v) is 6.53. The Hall–Kier alpha value is -1.87. The number of benzene rings is 1. The summed E-state index contributed by atoms with van der Waals surface area (Å²) in [4.78, 5) is 6.76. The molecule has 1 aromatic heterocycles. The second-order valence-electron chi connectivity index (χ2n) is 4.96. The van der Waals surface area contributed by atoms with Gasteiger partial charge in [-0.25, -0.2) is 4.98 Å². The molecule has 19 heavy (non-hydrogen) atoms. The molecule has 0 amide bonds. The van der Waals surface area contributed by atoms with Crippen LogP contribution in [-0.2, 0) is 13.1 Å². The molecule has 0 radical (unpaired) electrons. The minimum Gasteiger partial charge on any atom is -0.355 e. The summed E-state index contributed by atoms with van der Waals surface area (Å²) in [5, 5.41) is 0. The molecule has 3 heteroatoms. The van der Waals surface area contributed by atoms with Gasteiger partial charge in [0.2, 0.25) is 0 Å². The van der Waals surface area contributed by atoms with Crippen LogP contribution < -0.4 is 10.6 Å². The van der Waals surface area contributed by atoms with Crippen LogP contribution in [0.1, 0.15) is 22.4 Å². The van der Waals surface area contributed by atoms with Gasteiger partial charge in [0.05, 0.1) is 0 Å². The highest BCUT2D eigenvalue weighted by Gasteiger charge is 2.06. The Morgan fingerprint density at radius 1 is 1.16 bits per heavy atom. The predicted molar refractivity (Wildman–Crippen MR) is 80.2 cm³/mol. The Kier molecular flexibility index (Phi) is 4.17. The van der Waals surface area contributed by atoms with Crippen molar-refractivity contribution < 1.29 is 0 Å². The van der Waals surface area contributed by atoms with Gasteiger partial charge in [-0.2, -0.15) is 0 Å². The maximum absolute atomic E-state index is 5.66. The third kappa shape index (κ3) is 3.32. The molecule has 0 aliphatic carbocycles. The topological polar surface area (TPSA) is 42.1 Å². The molecule has 1 heterocycles. The molecule has 2 aromatic rings. The van der Waals surface area contributed by atoms with E-state index >= 15 is 0 Å². The number of rotatable bonds is 4. The van der Waals surface area contributed by atoms with Crippen molar-refractivity contribution in [2.75, 3.05) is 11.9 Å².